The van der Waals surface area contributed by atoms with Crippen molar-refractivity contribution in [3.8, 4) is 11.3 Å². The number of hydrogen-bond acceptors (Lipinski definition) is 7. The van der Waals surface area contributed by atoms with Crippen molar-refractivity contribution in [1.29, 1.82) is 0 Å². The van der Waals surface area contributed by atoms with E-state index >= 15 is 0 Å². The largest absolute Gasteiger partial charge is 0.433 e. The predicted molar refractivity (Wildman–Crippen MR) is 112 cm³/mol. The van der Waals surface area contributed by atoms with Crippen molar-refractivity contribution in [3.63, 3.8) is 0 Å². The summed E-state index contributed by atoms with van der Waals surface area (Å²) in [5.41, 5.74) is 3.73. The zero-order valence-electron chi connectivity index (χ0n) is 16.6. The number of rotatable bonds is 4. The van der Waals surface area contributed by atoms with Crippen LogP contribution in [0, 0.1) is 13.8 Å². The maximum Gasteiger partial charge on any atom is 0.410 e. The fourth-order valence-corrected chi connectivity index (χ4v) is 3.65. The molecule has 0 spiro atoms. The topological polar surface area (TPSA) is 92.7 Å². The summed E-state index contributed by atoms with van der Waals surface area (Å²) in [4.78, 5) is 24.5. The van der Waals surface area contributed by atoms with E-state index in [1.54, 1.807) is 12.4 Å². The van der Waals surface area contributed by atoms with Gasteiger partial charge in [0.1, 0.15) is 5.82 Å². The molecule has 0 saturated carbocycles. The minimum absolute atomic E-state index is 0.407. The molecule has 10 heteroatoms. The second kappa shape index (κ2) is 8.54. The molecular formula is C19H23ClN4O4S. The predicted octanol–water partition coefficient (Wildman–Crippen LogP) is 2.67. The molecule has 1 saturated heterocycles. The van der Waals surface area contributed by atoms with Crippen LogP contribution in [-0.4, -0.2) is 67.8 Å². The average Bonchev–Trinajstić information content (AvgIpc) is 2.66. The SMILES string of the molecule is Cc1cnc(-c2cc(N3CCN(C(=O)OCS(C)(=O)=O)CC3)ncc2Cl)c(C)c1. The fraction of sp³-hybridized carbons (Fsp3) is 0.421. The molecule has 8 nitrogen and oxygen atoms in total. The number of sulfone groups is 1. The molecule has 1 amide bonds. The highest BCUT2D eigenvalue weighted by molar-refractivity contribution is 7.90. The fourth-order valence-electron chi connectivity index (χ4n) is 3.15. The molecule has 0 unspecified atom stereocenters. The molecule has 1 fully saturated rings. The Morgan fingerprint density at radius 1 is 1.14 bits per heavy atom. The number of ether oxygens (including phenoxy) is 1. The number of carbonyl (C=O) groups excluding carboxylic acids is 1. The Bertz CT molecular complexity index is 1020. The molecule has 0 atom stereocenters. The lowest BCUT2D eigenvalue weighted by molar-refractivity contribution is 0.115. The van der Waals surface area contributed by atoms with E-state index in [1.165, 1.54) is 4.90 Å². The number of halogens is 1. The van der Waals surface area contributed by atoms with Crippen molar-refractivity contribution >= 4 is 33.3 Å². The van der Waals surface area contributed by atoms with E-state index in [1.807, 2.05) is 24.8 Å². The number of piperazine rings is 1. The van der Waals surface area contributed by atoms with Gasteiger partial charge in [0.15, 0.2) is 15.8 Å². The van der Waals surface area contributed by atoms with Gasteiger partial charge in [-0.05, 0) is 31.0 Å². The lowest BCUT2D eigenvalue weighted by Crippen LogP contribution is -2.49. The van der Waals surface area contributed by atoms with Crippen LogP contribution in [0.1, 0.15) is 11.1 Å². The Morgan fingerprint density at radius 3 is 2.45 bits per heavy atom. The number of aromatic nitrogens is 2. The minimum atomic E-state index is -3.36. The Morgan fingerprint density at radius 2 is 1.83 bits per heavy atom. The highest BCUT2D eigenvalue weighted by Gasteiger charge is 2.24. The summed E-state index contributed by atoms with van der Waals surface area (Å²) in [6.45, 7) is 5.88. The first-order chi connectivity index (χ1) is 13.6. The lowest BCUT2D eigenvalue weighted by atomic mass is 10.1. The van der Waals surface area contributed by atoms with Crippen LogP contribution in [0.2, 0.25) is 5.02 Å². The van der Waals surface area contributed by atoms with Gasteiger partial charge in [0, 0.05) is 50.4 Å². The second-order valence-electron chi connectivity index (χ2n) is 7.13. The molecule has 156 valence electrons. The minimum Gasteiger partial charge on any atom is -0.433 e. The van der Waals surface area contributed by atoms with Gasteiger partial charge in [-0.3, -0.25) is 4.98 Å². The third-order valence-corrected chi connectivity index (χ3v) is 5.42. The van der Waals surface area contributed by atoms with Gasteiger partial charge in [-0.15, -0.1) is 0 Å². The van der Waals surface area contributed by atoms with Crippen LogP contribution in [0.15, 0.2) is 24.5 Å². The number of amides is 1. The van der Waals surface area contributed by atoms with Crippen LogP contribution in [-0.2, 0) is 14.6 Å². The molecule has 3 heterocycles. The van der Waals surface area contributed by atoms with E-state index in [0.717, 1.165) is 34.5 Å². The summed E-state index contributed by atoms with van der Waals surface area (Å²) < 4.78 is 27.1. The van der Waals surface area contributed by atoms with Gasteiger partial charge in [0.05, 0.1) is 10.7 Å². The molecule has 0 aromatic carbocycles. The maximum atomic E-state index is 12.0. The number of carbonyl (C=O) groups is 1. The van der Waals surface area contributed by atoms with Crippen molar-refractivity contribution in [3.05, 3.63) is 40.7 Å². The zero-order valence-corrected chi connectivity index (χ0v) is 18.1. The van der Waals surface area contributed by atoms with E-state index in [0.29, 0.717) is 31.2 Å². The monoisotopic (exact) mass is 438 g/mol. The standard InChI is InChI=1S/C19H23ClN4O4S/c1-13-8-14(2)18(22-10-13)15-9-17(21-11-16(15)20)23-4-6-24(7-5-23)19(25)28-12-29(3,26)27/h8-11H,4-7,12H2,1-3H3. The van der Waals surface area contributed by atoms with Gasteiger partial charge in [-0.25, -0.2) is 18.2 Å². The number of anilines is 1. The van der Waals surface area contributed by atoms with Crippen molar-refractivity contribution < 1.29 is 17.9 Å². The number of pyridine rings is 2. The molecule has 0 aliphatic carbocycles. The van der Waals surface area contributed by atoms with Gasteiger partial charge in [0.25, 0.3) is 0 Å². The molecule has 29 heavy (non-hydrogen) atoms. The molecule has 1 aliphatic heterocycles. The van der Waals surface area contributed by atoms with E-state index in [9.17, 15) is 13.2 Å². The Balaban J connectivity index is 1.71. The normalized spacial score (nSPS) is 14.8. The smallest absolute Gasteiger partial charge is 0.410 e. The number of nitrogens with zero attached hydrogens (tertiary/aromatic N) is 4. The van der Waals surface area contributed by atoms with Crippen molar-refractivity contribution in [2.45, 2.75) is 13.8 Å². The Labute approximate surface area is 175 Å². The lowest BCUT2D eigenvalue weighted by Gasteiger charge is -2.34. The van der Waals surface area contributed by atoms with Gasteiger partial charge in [-0.2, -0.15) is 0 Å². The quantitative estimate of drug-likeness (QED) is 0.724. The first-order valence-corrected chi connectivity index (χ1v) is 11.5. The first-order valence-electron chi connectivity index (χ1n) is 9.07. The first kappa shape index (κ1) is 21.3. The highest BCUT2D eigenvalue weighted by atomic mass is 35.5. The third-order valence-electron chi connectivity index (χ3n) is 4.57. The summed E-state index contributed by atoms with van der Waals surface area (Å²) >= 11 is 6.38. The summed E-state index contributed by atoms with van der Waals surface area (Å²) in [5.74, 6) is 0.132. The van der Waals surface area contributed by atoms with E-state index in [-0.39, 0.29) is 0 Å². The average molecular weight is 439 g/mol. The zero-order chi connectivity index (χ0) is 21.2. The van der Waals surface area contributed by atoms with Crippen molar-refractivity contribution in [1.82, 2.24) is 14.9 Å². The Kier molecular flexibility index (Phi) is 6.28. The molecule has 1 aliphatic rings. The maximum absolute atomic E-state index is 12.0. The molecular weight excluding hydrogens is 416 g/mol. The van der Waals surface area contributed by atoms with Crippen LogP contribution in [0.25, 0.3) is 11.3 Å². The van der Waals surface area contributed by atoms with E-state index < -0.39 is 21.9 Å². The molecule has 3 rings (SSSR count). The third kappa shape index (κ3) is 5.36. The van der Waals surface area contributed by atoms with Crippen LogP contribution >= 0.6 is 11.6 Å². The molecule has 0 radical (unpaired) electrons. The van der Waals surface area contributed by atoms with Crippen LogP contribution in [0.3, 0.4) is 0 Å². The van der Waals surface area contributed by atoms with Gasteiger partial charge >= 0.3 is 6.09 Å². The summed E-state index contributed by atoms with van der Waals surface area (Å²) in [6.07, 6.45) is 3.81. The van der Waals surface area contributed by atoms with Crippen molar-refractivity contribution in [2.24, 2.45) is 0 Å². The van der Waals surface area contributed by atoms with Gasteiger partial charge < -0.3 is 14.5 Å². The molecule has 2 aromatic heterocycles. The van der Waals surface area contributed by atoms with E-state index in [2.05, 4.69) is 16.0 Å². The van der Waals surface area contributed by atoms with Crippen LogP contribution < -0.4 is 4.90 Å². The summed E-state index contributed by atoms with van der Waals surface area (Å²) in [6, 6.07) is 3.96. The molecule has 0 N–H and O–H groups in total. The van der Waals surface area contributed by atoms with Crippen LogP contribution in [0.5, 0.6) is 0 Å². The van der Waals surface area contributed by atoms with Gasteiger partial charge in [-0.1, -0.05) is 17.7 Å². The Hall–Kier alpha value is -2.39. The van der Waals surface area contributed by atoms with Crippen molar-refractivity contribution in [2.75, 3.05) is 43.3 Å². The summed E-state index contributed by atoms with van der Waals surface area (Å²) in [7, 11) is -3.36. The van der Waals surface area contributed by atoms with Gasteiger partial charge in [0.2, 0.25) is 0 Å². The number of aryl methyl sites for hydroxylation is 2. The van der Waals surface area contributed by atoms with Crippen LogP contribution in [0.4, 0.5) is 10.6 Å². The summed E-state index contributed by atoms with van der Waals surface area (Å²) in [5, 5.41) is 0.524. The number of hydrogen-bond donors (Lipinski definition) is 0. The second-order valence-corrected chi connectivity index (χ2v) is 9.62. The molecule has 2 aromatic rings. The molecule has 0 bridgehead atoms. The highest BCUT2D eigenvalue weighted by Crippen LogP contribution is 2.31. The van der Waals surface area contributed by atoms with E-state index in [4.69, 9.17) is 16.3 Å².